The van der Waals surface area contributed by atoms with Crippen LogP contribution in [0.25, 0.3) is 0 Å². The first-order valence-electron chi connectivity index (χ1n) is 2.41. The van der Waals surface area contributed by atoms with Crippen LogP contribution in [-0.4, -0.2) is 14.7 Å². The molecule has 1 heterocycles. The summed E-state index contributed by atoms with van der Waals surface area (Å²) in [5, 5.41) is -0.255. The van der Waals surface area contributed by atoms with Crippen LogP contribution in [0.5, 0.6) is 0 Å². The van der Waals surface area contributed by atoms with Gasteiger partial charge in [0.1, 0.15) is 5.69 Å². The van der Waals surface area contributed by atoms with Crippen LogP contribution < -0.4 is 0 Å². The van der Waals surface area contributed by atoms with Crippen LogP contribution in [0, 0.1) is 0 Å². The van der Waals surface area contributed by atoms with E-state index in [1.165, 1.54) is 6.20 Å². The van der Waals surface area contributed by atoms with Crippen molar-refractivity contribution in [1.29, 1.82) is 0 Å². The Morgan fingerprint density at radius 3 is 2.78 bits per heavy atom. The highest BCUT2D eigenvalue weighted by atomic mass is 32.1. The summed E-state index contributed by atoms with van der Waals surface area (Å²) < 4.78 is 1.62. The molecule has 0 N–H and O–H groups in total. The second-order valence-corrected chi connectivity index (χ2v) is 2.10. The van der Waals surface area contributed by atoms with Crippen molar-refractivity contribution >= 4 is 17.7 Å². The summed E-state index contributed by atoms with van der Waals surface area (Å²) in [5.41, 5.74) is 0.512. The van der Waals surface area contributed by atoms with Gasteiger partial charge in [-0.05, 0) is 0 Å². The Bertz CT molecular complexity index is 231. The van der Waals surface area contributed by atoms with E-state index in [1.807, 2.05) is 0 Å². The zero-order chi connectivity index (χ0) is 6.85. The summed E-state index contributed by atoms with van der Waals surface area (Å²) in [6, 6.07) is 0. The third-order valence-electron chi connectivity index (χ3n) is 1.04. The van der Waals surface area contributed by atoms with Crippen molar-refractivity contribution in [3.8, 4) is 0 Å². The fourth-order valence-electron chi connectivity index (χ4n) is 0.563. The molecule has 9 heavy (non-hydrogen) atoms. The lowest BCUT2D eigenvalue weighted by atomic mass is 10.5. The summed E-state index contributed by atoms with van der Waals surface area (Å²) in [6.45, 7) is 0. The quantitative estimate of drug-likeness (QED) is 0.579. The van der Waals surface area contributed by atoms with Crippen LogP contribution in [0.3, 0.4) is 0 Å². The maximum atomic E-state index is 10.5. The van der Waals surface area contributed by atoms with Gasteiger partial charge >= 0.3 is 0 Å². The summed E-state index contributed by atoms with van der Waals surface area (Å²) in [7, 11) is 1.75. The normalized spacial score (nSPS) is 9.56. The molecule has 0 radical (unpaired) electrons. The molecule has 0 unspecified atom stereocenters. The van der Waals surface area contributed by atoms with E-state index in [0.29, 0.717) is 5.69 Å². The molecular formula is C5H6N2OS. The van der Waals surface area contributed by atoms with Crippen LogP contribution in [0.4, 0.5) is 0 Å². The predicted molar refractivity (Wildman–Crippen MR) is 36.5 cm³/mol. The number of carbonyl (C=O) groups excluding carboxylic acids is 1. The number of aryl methyl sites for hydroxylation is 1. The molecule has 48 valence electrons. The van der Waals surface area contributed by atoms with E-state index in [0.717, 1.165) is 0 Å². The van der Waals surface area contributed by atoms with E-state index in [4.69, 9.17) is 0 Å². The number of imidazole rings is 1. The van der Waals surface area contributed by atoms with Crippen molar-refractivity contribution < 1.29 is 4.79 Å². The average Bonchev–Trinajstić information content (AvgIpc) is 2.13. The Kier molecular flexibility index (Phi) is 1.57. The molecule has 0 fully saturated rings. The van der Waals surface area contributed by atoms with Crippen LogP contribution in [0.1, 0.15) is 10.5 Å². The molecule has 0 amide bonds. The van der Waals surface area contributed by atoms with Gasteiger partial charge in [0.05, 0.1) is 12.5 Å². The fraction of sp³-hybridized carbons (Fsp3) is 0.200. The number of aromatic nitrogens is 2. The maximum Gasteiger partial charge on any atom is 0.234 e. The zero-order valence-electron chi connectivity index (χ0n) is 4.90. The standard InChI is InChI=1S/C5H6N2OS/c1-7-3-6-2-4(7)5(8)9/h2-3H,1H3,(H,8,9). The van der Waals surface area contributed by atoms with Crippen LogP contribution >= 0.6 is 12.6 Å². The molecule has 0 atom stereocenters. The van der Waals surface area contributed by atoms with Crippen molar-refractivity contribution in [3.63, 3.8) is 0 Å². The molecular weight excluding hydrogens is 136 g/mol. The Balaban J connectivity index is 3.08. The van der Waals surface area contributed by atoms with Gasteiger partial charge in [0.15, 0.2) is 0 Å². The van der Waals surface area contributed by atoms with Crippen molar-refractivity contribution in [2.75, 3.05) is 0 Å². The Hall–Kier alpha value is -0.770. The monoisotopic (exact) mass is 142 g/mol. The third-order valence-corrected chi connectivity index (χ3v) is 1.26. The van der Waals surface area contributed by atoms with E-state index in [9.17, 15) is 4.79 Å². The zero-order valence-corrected chi connectivity index (χ0v) is 5.80. The topological polar surface area (TPSA) is 34.9 Å². The highest BCUT2D eigenvalue weighted by Gasteiger charge is 2.02. The maximum absolute atomic E-state index is 10.5. The second-order valence-electron chi connectivity index (χ2n) is 1.69. The Labute approximate surface area is 58.1 Å². The van der Waals surface area contributed by atoms with Gasteiger partial charge in [-0.15, -0.1) is 0 Å². The number of carbonyl (C=O) groups is 1. The van der Waals surface area contributed by atoms with Crippen molar-refractivity contribution in [2.45, 2.75) is 0 Å². The Morgan fingerprint density at radius 1 is 1.89 bits per heavy atom. The molecule has 1 rings (SSSR count). The van der Waals surface area contributed by atoms with Gasteiger partial charge in [-0.3, -0.25) is 4.79 Å². The lowest BCUT2D eigenvalue weighted by molar-refractivity contribution is 0.108. The second kappa shape index (κ2) is 2.23. The van der Waals surface area contributed by atoms with Gasteiger partial charge in [0.25, 0.3) is 0 Å². The molecule has 3 nitrogen and oxygen atoms in total. The van der Waals surface area contributed by atoms with Crippen molar-refractivity contribution in [3.05, 3.63) is 18.2 Å². The summed E-state index contributed by atoms with van der Waals surface area (Å²) in [5.74, 6) is 0. The minimum atomic E-state index is -0.255. The largest absolute Gasteiger partial charge is 0.331 e. The van der Waals surface area contributed by atoms with Gasteiger partial charge in [0.2, 0.25) is 5.12 Å². The highest BCUT2D eigenvalue weighted by molar-refractivity contribution is 7.97. The van der Waals surface area contributed by atoms with Crippen molar-refractivity contribution in [2.24, 2.45) is 7.05 Å². The molecule has 0 aliphatic rings. The first-order valence-corrected chi connectivity index (χ1v) is 2.86. The molecule has 0 saturated carbocycles. The molecule has 0 aliphatic heterocycles. The van der Waals surface area contributed by atoms with Gasteiger partial charge < -0.3 is 4.57 Å². The minimum absolute atomic E-state index is 0.255. The third kappa shape index (κ3) is 1.13. The molecule has 0 aliphatic carbocycles. The lowest BCUT2D eigenvalue weighted by Crippen LogP contribution is -1.97. The first kappa shape index (κ1) is 6.35. The minimum Gasteiger partial charge on any atom is -0.331 e. The molecule has 1 aromatic rings. The molecule has 0 spiro atoms. The molecule has 0 bridgehead atoms. The van der Waals surface area contributed by atoms with Gasteiger partial charge in [-0.2, -0.15) is 0 Å². The number of hydrogen-bond acceptors (Lipinski definition) is 2. The number of rotatable bonds is 1. The van der Waals surface area contributed by atoms with Gasteiger partial charge in [0, 0.05) is 7.05 Å². The van der Waals surface area contributed by atoms with E-state index in [2.05, 4.69) is 17.6 Å². The number of thiol groups is 1. The lowest BCUT2D eigenvalue weighted by Gasteiger charge is -1.91. The summed E-state index contributed by atoms with van der Waals surface area (Å²) in [4.78, 5) is 14.3. The molecule has 1 aromatic heterocycles. The number of hydrogen-bond donors (Lipinski definition) is 1. The SMILES string of the molecule is Cn1cncc1C(=O)S. The summed E-state index contributed by atoms with van der Waals surface area (Å²) >= 11 is 3.62. The van der Waals surface area contributed by atoms with Crippen LogP contribution in [0.15, 0.2) is 12.5 Å². The number of nitrogens with zero attached hydrogens (tertiary/aromatic N) is 2. The van der Waals surface area contributed by atoms with Crippen molar-refractivity contribution in [1.82, 2.24) is 9.55 Å². The molecule has 0 aromatic carbocycles. The smallest absolute Gasteiger partial charge is 0.234 e. The van der Waals surface area contributed by atoms with Gasteiger partial charge in [-0.25, -0.2) is 4.98 Å². The van der Waals surface area contributed by atoms with E-state index < -0.39 is 0 Å². The van der Waals surface area contributed by atoms with E-state index >= 15 is 0 Å². The van der Waals surface area contributed by atoms with Crippen LogP contribution in [0.2, 0.25) is 0 Å². The fourth-order valence-corrected chi connectivity index (χ4v) is 0.779. The molecule has 4 heteroatoms. The Morgan fingerprint density at radius 2 is 2.56 bits per heavy atom. The first-order chi connectivity index (χ1) is 4.22. The average molecular weight is 142 g/mol. The van der Waals surface area contributed by atoms with Gasteiger partial charge in [-0.1, -0.05) is 12.6 Å². The van der Waals surface area contributed by atoms with E-state index in [-0.39, 0.29) is 5.12 Å². The van der Waals surface area contributed by atoms with E-state index in [1.54, 1.807) is 17.9 Å². The van der Waals surface area contributed by atoms with Crippen LogP contribution in [-0.2, 0) is 7.05 Å². The highest BCUT2D eigenvalue weighted by Crippen LogP contribution is 1.99. The summed E-state index contributed by atoms with van der Waals surface area (Å²) in [6.07, 6.45) is 3.04. The predicted octanol–water partition coefficient (Wildman–Crippen LogP) is 0.490. The molecule has 0 saturated heterocycles.